The Morgan fingerprint density at radius 2 is 1.95 bits per heavy atom. The van der Waals surface area contributed by atoms with Crippen LogP contribution in [-0.2, 0) is 16.0 Å². The van der Waals surface area contributed by atoms with E-state index < -0.39 is 12.0 Å². The Morgan fingerprint density at radius 1 is 1.30 bits per heavy atom. The van der Waals surface area contributed by atoms with E-state index in [1.807, 2.05) is 26.0 Å². The maximum absolute atomic E-state index is 12.3. The summed E-state index contributed by atoms with van der Waals surface area (Å²) in [6.07, 6.45) is 0.619. The van der Waals surface area contributed by atoms with Gasteiger partial charge >= 0.3 is 5.97 Å². The van der Waals surface area contributed by atoms with Gasteiger partial charge < -0.3 is 15.8 Å². The first kappa shape index (κ1) is 16.2. The predicted octanol–water partition coefficient (Wildman–Crippen LogP) is 1.12. The van der Waals surface area contributed by atoms with Crippen molar-refractivity contribution in [2.75, 3.05) is 13.7 Å². The lowest BCUT2D eigenvalue weighted by molar-refractivity contribution is -0.144. The van der Waals surface area contributed by atoms with Crippen molar-refractivity contribution in [2.45, 2.75) is 26.3 Å². The molecule has 5 heteroatoms. The molecule has 0 saturated heterocycles. The second-order valence-corrected chi connectivity index (χ2v) is 4.91. The molecule has 1 atom stereocenters. The Kier molecular flexibility index (Phi) is 6.18. The van der Waals surface area contributed by atoms with Gasteiger partial charge in [0.05, 0.1) is 7.11 Å². The van der Waals surface area contributed by atoms with Crippen LogP contribution in [0.4, 0.5) is 0 Å². The average Bonchev–Trinajstić information content (AvgIpc) is 2.44. The second-order valence-electron chi connectivity index (χ2n) is 4.91. The van der Waals surface area contributed by atoms with Gasteiger partial charge in [0.15, 0.2) is 0 Å². The van der Waals surface area contributed by atoms with E-state index in [1.165, 1.54) is 7.11 Å². The highest BCUT2D eigenvalue weighted by Gasteiger charge is 2.25. The fraction of sp³-hybridized carbons (Fsp3) is 0.467. The lowest BCUT2D eigenvalue weighted by Crippen LogP contribution is -2.45. The van der Waals surface area contributed by atoms with E-state index >= 15 is 0 Å². The molecule has 5 nitrogen and oxygen atoms in total. The molecule has 3 N–H and O–H groups in total. The van der Waals surface area contributed by atoms with Crippen LogP contribution in [-0.4, -0.2) is 31.6 Å². The molecular formula is C15H22N2O3. The number of esters is 1. The van der Waals surface area contributed by atoms with Gasteiger partial charge in [-0.3, -0.25) is 4.79 Å². The molecule has 0 aliphatic heterocycles. The van der Waals surface area contributed by atoms with Gasteiger partial charge in [-0.25, -0.2) is 4.79 Å². The summed E-state index contributed by atoms with van der Waals surface area (Å²) in [7, 11) is 1.31. The third kappa shape index (κ3) is 4.06. The number of hydrogen-bond donors (Lipinski definition) is 2. The third-order valence-electron chi connectivity index (χ3n) is 3.08. The molecule has 0 aromatic heterocycles. The average molecular weight is 278 g/mol. The van der Waals surface area contributed by atoms with Crippen molar-refractivity contribution in [1.82, 2.24) is 5.32 Å². The number of ether oxygens (including phenoxy) is 1. The van der Waals surface area contributed by atoms with Crippen molar-refractivity contribution in [3.05, 3.63) is 35.4 Å². The standard InChI is InChI=1S/C15H22N2O3/c1-10(2)13(15(19)20-3)17-14(18)12-7-5-4-6-11(12)8-9-16/h4-7,10,13H,8-9,16H2,1-3H3,(H,17,18). The van der Waals surface area contributed by atoms with Crippen molar-refractivity contribution in [3.63, 3.8) is 0 Å². The molecule has 0 bridgehead atoms. The van der Waals surface area contributed by atoms with Gasteiger partial charge in [0, 0.05) is 5.56 Å². The number of carbonyl (C=O) groups excluding carboxylic acids is 2. The van der Waals surface area contributed by atoms with Gasteiger partial charge in [-0.05, 0) is 30.5 Å². The molecule has 1 aromatic carbocycles. The Bertz CT molecular complexity index is 472. The van der Waals surface area contributed by atoms with Crippen LogP contribution in [0.15, 0.2) is 24.3 Å². The Morgan fingerprint density at radius 3 is 2.50 bits per heavy atom. The minimum absolute atomic E-state index is 0.0481. The zero-order chi connectivity index (χ0) is 15.1. The van der Waals surface area contributed by atoms with Gasteiger partial charge in [-0.2, -0.15) is 0 Å². The number of rotatable bonds is 6. The minimum atomic E-state index is -0.654. The highest BCUT2D eigenvalue weighted by atomic mass is 16.5. The van der Waals surface area contributed by atoms with Crippen LogP contribution in [0.25, 0.3) is 0 Å². The monoisotopic (exact) mass is 278 g/mol. The smallest absolute Gasteiger partial charge is 0.328 e. The van der Waals surface area contributed by atoms with Crippen LogP contribution < -0.4 is 11.1 Å². The lowest BCUT2D eigenvalue weighted by atomic mass is 10.0. The van der Waals surface area contributed by atoms with Crippen molar-refractivity contribution >= 4 is 11.9 Å². The number of hydrogen-bond acceptors (Lipinski definition) is 4. The van der Waals surface area contributed by atoms with E-state index in [0.717, 1.165) is 5.56 Å². The van der Waals surface area contributed by atoms with Crippen molar-refractivity contribution in [3.8, 4) is 0 Å². The molecule has 1 aromatic rings. The first-order valence-electron chi connectivity index (χ1n) is 6.68. The van der Waals surface area contributed by atoms with Gasteiger partial charge in [0.1, 0.15) is 6.04 Å². The molecule has 0 heterocycles. The molecule has 0 fully saturated rings. The molecule has 20 heavy (non-hydrogen) atoms. The van der Waals surface area contributed by atoms with Crippen LogP contribution in [0.3, 0.4) is 0 Å². The summed E-state index contributed by atoms with van der Waals surface area (Å²) in [5.41, 5.74) is 6.97. The normalized spacial score (nSPS) is 12.1. The molecule has 1 rings (SSSR count). The van der Waals surface area contributed by atoms with Crippen LogP contribution in [0, 0.1) is 5.92 Å². The van der Waals surface area contributed by atoms with E-state index in [4.69, 9.17) is 10.5 Å². The molecule has 0 spiro atoms. The summed E-state index contributed by atoms with van der Waals surface area (Å²) >= 11 is 0. The second kappa shape index (κ2) is 7.65. The van der Waals surface area contributed by atoms with Crippen LogP contribution >= 0.6 is 0 Å². The quantitative estimate of drug-likeness (QED) is 0.764. The Balaban J connectivity index is 2.92. The van der Waals surface area contributed by atoms with Crippen molar-refractivity contribution in [2.24, 2.45) is 11.7 Å². The third-order valence-corrected chi connectivity index (χ3v) is 3.08. The van der Waals surface area contributed by atoms with E-state index in [0.29, 0.717) is 18.5 Å². The summed E-state index contributed by atoms with van der Waals surface area (Å²) < 4.78 is 4.71. The predicted molar refractivity (Wildman–Crippen MR) is 77.3 cm³/mol. The van der Waals surface area contributed by atoms with E-state index in [-0.39, 0.29) is 11.8 Å². The number of nitrogens with one attached hydrogen (secondary N) is 1. The number of nitrogens with two attached hydrogens (primary N) is 1. The van der Waals surface area contributed by atoms with E-state index in [1.54, 1.807) is 12.1 Å². The molecule has 1 amide bonds. The number of methoxy groups -OCH3 is 1. The number of amides is 1. The first-order chi connectivity index (χ1) is 9.51. The van der Waals surface area contributed by atoms with E-state index in [2.05, 4.69) is 5.32 Å². The summed E-state index contributed by atoms with van der Waals surface area (Å²) in [6.45, 7) is 4.18. The molecule has 0 aliphatic carbocycles. The largest absolute Gasteiger partial charge is 0.467 e. The van der Waals surface area contributed by atoms with Crippen LogP contribution in [0.5, 0.6) is 0 Å². The Labute approximate surface area is 119 Å². The van der Waals surface area contributed by atoms with Gasteiger partial charge in [-0.1, -0.05) is 32.0 Å². The highest BCUT2D eigenvalue weighted by Crippen LogP contribution is 2.11. The SMILES string of the molecule is COC(=O)C(NC(=O)c1ccccc1CCN)C(C)C. The van der Waals surface area contributed by atoms with E-state index in [9.17, 15) is 9.59 Å². The fourth-order valence-corrected chi connectivity index (χ4v) is 1.96. The van der Waals surface area contributed by atoms with Gasteiger partial charge in [-0.15, -0.1) is 0 Å². The maximum Gasteiger partial charge on any atom is 0.328 e. The minimum Gasteiger partial charge on any atom is -0.467 e. The molecule has 110 valence electrons. The topological polar surface area (TPSA) is 81.4 Å². The van der Waals surface area contributed by atoms with Crippen molar-refractivity contribution < 1.29 is 14.3 Å². The summed E-state index contributed by atoms with van der Waals surface area (Å²) in [4.78, 5) is 24.0. The highest BCUT2D eigenvalue weighted by molar-refractivity contribution is 5.98. The molecule has 0 saturated carbocycles. The Hall–Kier alpha value is -1.88. The van der Waals surface area contributed by atoms with Gasteiger partial charge in [0.2, 0.25) is 0 Å². The van der Waals surface area contributed by atoms with Crippen LogP contribution in [0.1, 0.15) is 29.8 Å². The molecule has 0 radical (unpaired) electrons. The zero-order valence-electron chi connectivity index (χ0n) is 12.2. The summed E-state index contributed by atoms with van der Waals surface area (Å²) in [5.74, 6) is -0.768. The van der Waals surface area contributed by atoms with Crippen LogP contribution in [0.2, 0.25) is 0 Å². The zero-order valence-corrected chi connectivity index (χ0v) is 12.2. The number of benzene rings is 1. The van der Waals surface area contributed by atoms with Crippen molar-refractivity contribution in [1.29, 1.82) is 0 Å². The molecule has 1 unspecified atom stereocenters. The molecular weight excluding hydrogens is 256 g/mol. The first-order valence-corrected chi connectivity index (χ1v) is 6.68. The number of carbonyl (C=O) groups is 2. The lowest BCUT2D eigenvalue weighted by Gasteiger charge is -2.20. The molecule has 0 aliphatic rings. The van der Waals surface area contributed by atoms with Gasteiger partial charge in [0.25, 0.3) is 5.91 Å². The maximum atomic E-state index is 12.3. The fourth-order valence-electron chi connectivity index (χ4n) is 1.96. The summed E-state index contributed by atoms with van der Waals surface area (Å²) in [6, 6.07) is 6.59. The summed E-state index contributed by atoms with van der Waals surface area (Å²) in [5, 5.41) is 2.73.